The van der Waals surface area contributed by atoms with Crippen molar-refractivity contribution in [2.24, 2.45) is 0 Å². The van der Waals surface area contributed by atoms with E-state index in [1.165, 1.54) is 7.11 Å². The van der Waals surface area contributed by atoms with Crippen LogP contribution in [0.25, 0.3) is 38.2 Å². The summed E-state index contributed by atoms with van der Waals surface area (Å²) in [5.74, 6) is -0.502. The number of para-hydroxylation sites is 2. The van der Waals surface area contributed by atoms with Gasteiger partial charge in [0.05, 0.1) is 23.8 Å². The first-order chi connectivity index (χ1) is 17.0. The van der Waals surface area contributed by atoms with Crippen LogP contribution in [0, 0.1) is 6.92 Å². The van der Waals surface area contributed by atoms with E-state index in [-0.39, 0.29) is 5.56 Å². The number of imide groups is 1. The number of nitrogens with zero attached hydrogens (tertiary/aromatic N) is 3. The molecule has 0 radical (unpaired) electrons. The molecular weight excluding hydrogens is 442 g/mol. The van der Waals surface area contributed by atoms with Gasteiger partial charge in [-0.1, -0.05) is 18.2 Å². The van der Waals surface area contributed by atoms with E-state index >= 15 is 0 Å². The maximum Gasteiger partial charge on any atom is 0.266 e. The number of hydrogen-bond acceptors (Lipinski definition) is 5. The highest BCUT2D eigenvalue weighted by molar-refractivity contribution is 6.39. The molecule has 4 aromatic carbocycles. The molecule has 0 atom stereocenters. The summed E-state index contributed by atoms with van der Waals surface area (Å²) in [7, 11) is 1.50. The first-order valence-electron chi connectivity index (χ1n) is 11.2. The Morgan fingerprint density at radius 1 is 0.800 bits per heavy atom. The van der Waals surface area contributed by atoms with Gasteiger partial charge >= 0.3 is 0 Å². The second-order valence-electron chi connectivity index (χ2n) is 8.76. The Labute approximate surface area is 198 Å². The summed E-state index contributed by atoms with van der Waals surface area (Å²) < 4.78 is 7.02. The number of ether oxygens (including phenoxy) is 1. The van der Waals surface area contributed by atoms with Crippen molar-refractivity contribution in [1.29, 1.82) is 0 Å². The number of aryl methyl sites for hydroxylation is 1. The van der Waals surface area contributed by atoms with E-state index in [1.807, 2.05) is 31.2 Å². The molecule has 0 saturated heterocycles. The molecule has 0 aliphatic carbocycles. The van der Waals surface area contributed by atoms with Gasteiger partial charge in [0.2, 0.25) is 0 Å². The smallest absolute Gasteiger partial charge is 0.266 e. The van der Waals surface area contributed by atoms with Crippen molar-refractivity contribution in [2.75, 3.05) is 12.0 Å². The summed E-state index contributed by atoms with van der Waals surface area (Å²) in [6.07, 6.45) is 0. The van der Waals surface area contributed by atoms with Gasteiger partial charge in [0.1, 0.15) is 11.4 Å². The quantitative estimate of drug-likeness (QED) is 0.351. The number of hydrogen-bond donors (Lipinski definition) is 0. The molecule has 168 valence electrons. The topological polar surface area (TPSA) is 81.0 Å². The molecule has 0 fully saturated rings. The summed E-state index contributed by atoms with van der Waals surface area (Å²) in [5.41, 5.74) is 3.87. The minimum atomic E-state index is -0.460. The highest BCUT2D eigenvalue weighted by Crippen LogP contribution is 2.40. The minimum Gasteiger partial charge on any atom is -0.495 e. The van der Waals surface area contributed by atoms with Crippen LogP contribution < -0.4 is 15.2 Å². The van der Waals surface area contributed by atoms with Gasteiger partial charge in [-0.3, -0.25) is 18.8 Å². The van der Waals surface area contributed by atoms with Crippen LogP contribution >= 0.6 is 0 Å². The fourth-order valence-electron chi connectivity index (χ4n) is 5.28. The van der Waals surface area contributed by atoms with Crippen molar-refractivity contribution in [3.63, 3.8) is 0 Å². The zero-order valence-electron chi connectivity index (χ0n) is 18.8. The van der Waals surface area contributed by atoms with Crippen LogP contribution in [0.1, 0.15) is 26.3 Å². The van der Waals surface area contributed by atoms with E-state index in [1.54, 1.807) is 46.9 Å². The Morgan fingerprint density at radius 3 is 2.26 bits per heavy atom. The number of fused-ring (bicyclic) bond motifs is 4. The Kier molecular flexibility index (Phi) is 3.73. The molecule has 2 aromatic heterocycles. The van der Waals surface area contributed by atoms with Crippen molar-refractivity contribution in [3.8, 4) is 5.75 Å². The normalized spacial score (nSPS) is 13.6. The van der Waals surface area contributed by atoms with Gasteiger partial charge in [0.15, 0.2) is 0 Å². The molecule has 7 rings (SSSR count). The zero-order valence-corrected chi connectivity index (χ0v) is 18.8. The molecule has 0 N–H and O–H groups in total. The van der Waals surface area contributed by atoms with Crippen LogP contribution in [-0.4, -0.2) is 28.3 Å². The number of benzene rings is 4. The molecule has 0 spiro atoms. The van der Waals surface area contributed by atoms with E-state index in [0.717, 1.165) is 26.9 Å². The van der Waals surface area contributed by atoms with Crippen LogP contribution in [0.15, 0.2) is 71.5 Å². The molecule has 6 aromatic rings. The Balaban J connectivity index is 1.60. The van der Waals surface area contributed by atoms with Gasteiger partial charge in [-0.15, -0.1) is 0 Å². The molecule has 7 nitrogen and oxygen atoms in total. The lowest BCUT2D eigenvalue weighted by atomic mass is 9.90. The summed E-state index contributed by atoms with van der Waals surface area (Å²) >= 11 is 0. The average molecular weight is 459 g/mol. The van der Waals surface area contributed by atoms with Crippen molar-refractivity contribution in [3.05, 3.63) is 93.8 Å². The molecule has 7 heteroatoms. The molecule has 0 saturated carbocycles. The summed E-state index contributed by atoms with van der Waals surface area (Å²) in [5, 5.41) is 2.25. The number of rotatable bonds is 2. The first kappa shape index (κ1) is 19.7. The van der Waals surface area contributed by atoms with Gasteiger partial charge in [-0.2, -0.15) is 0 Å². The summed E-state index contributed by atoms with van der Waals surface area (Å²) in [6, 6.07) is 19.5. The Morgan fingerprint density at radius 2 is 1.51 bits per heavy atom. The van der Waals surface area contributed by atoms with Gasteiger partial charge in [-0.05, 0) is 61.0 Å². The molecular formula is C28H17N3O4. The van der Waals surface area contributed by atoms with Crippen molar-refractivity contribution < 1.29 is 14.3 Å². The lowest BCUT2D eigenvalue weighted by Crippen LogP contribution is -2.40. The summed E-state index contributed by atoms with van der Waals surface area (Å²) in [4.78, 5) is 46.9. The molecule has 0 unspecified atom stereocenters. The van der Waals surface area contributed by atoms with Crippen molar-refractivity contribution in [2.45, 2.75) is 6.92 Å². The largest absolute Gasteiger partial charge is 0.495 e. The maximum absolute atomic E-state index is 13.7. The lowest BCUT2D eigenvalue weighted by Gasteiger charge is -2.28. The predicted molar refractivity (Wildman–Crippen MR) is 134 cm³/mol. The second kappa shape index (κ2) is 6.64. The monoisotopic (exact) mass is 459 g/mol. The van der Waals surface area contributed by atoms with E-state index in [2.05, 4.69) is 0 Å². The number of amides is 2. The van der Waals surface area contributed by atoms with Gasteiger partial charge < -0.3 is 4.74 Å². The number of pyridine rings is 1. The van der Waals surface area contributed by atoms with E-state index in [9.17, 15) is 14.4 Å². The molecule has 3 heterocycles. The van der Waals surface area contributed by atoms with Crippen molar-refractivity contribution in [1.82, 2.24) is 9.38 Å². The molecule has 1 aliphatic rings. The van der Waals surface area contributed by atoms with Gasteiger partial charge in [-0.25, -0.2) is 9.88 Å². The van der Waals surface area contributed by atoms with Gasteiger partial charge in [0, 0.05) is 32.7 Å². The van der Waals surface area contributed by atoms with Crippen LogP contribution in [0.4, 0.5) is 5.69 Å². The third-order valence-electron chi connectivity index (χ3n) is 6.84. The molecule has 35 heavy (non-hydrogen) atoms. The third kappa shape index (κ3) is 2.39. The molecule has 0 bridgehead atoms. The Hall–Kier alpha value is -4.78. The van der Waals surface area contributed by atoms with Crippen molar-refractivity contribution >= 4 is 55.7 Å². The third-order valence-corrected chi connectivity index (χ3v) is 6.84. The average Bonchev–Trinajstić information content (AvgIpc) is 3.25. The molecule has 1 aliphatic heterocycles. The van der Waals surface area contributed by atoms with E-state index < -0.39 is 11.8 Å². The van der Waals surface area contributed by atoms with Crippen LogP contribution in [-0.2, 0) is 0 Å². The van der Waals surface area contributed by atoms with Crippen LogP contribution in [0.5, 0.6) is 5.75 Å². The zero-order chi connectivity index (χ0) is 24.0. The number of anilines is 1. The fraction of sp³-hybridized carbons (Fsp3) is 0.0714. The number of imidazole rings is 1. The number of carbonyl (C=O) groups excluding carboxylic acids is 2. The van der Waals surface area contributed by atoms with Crippen LogP contribution in [0.2, 0.25) is 0 Å². The number of aromatic nitrogens is 2. The summed E-state index contributed by atoms with van der Waals surface area (Å²) in [6.45, 7) is 1.98. The minimum absolute atomic E-state index is 0.227. The number of carbonyl (C=O) groups is 2. The van der Waals surface area contributed by atoms with Gasteiger partial charge in [0.25, 0.3) is 17.4 Å². The lowest BCUT2D eigenvalue weighted by molar-refractivity contribution is 0.0892. The highest BCUT2D eigenvalue weighted by Gasteiger charge is 2.36. The van der Waals surface area contributed by atoms with E-state index in [4.69, 9.17) is 9.72 Å². The first-order valence-corrected chi connectivity index (χ1v) is 11.2. The predicted octanol–water partition coefficient (Wildman–Crippen LogP) is 4.71. The fourth-order valence-corrected chi connectivity index (χ4v) is 5.28. The Bertz CT molecular complexity index is 1950. The standard InChI is InChI=1S/C28H17N3O4/c1-14-7-12-20-19(13-14)29-25-15-8-9-17-24-18(11-10-16(23(15)24)26(32)30(20)25)28(34)31(27(17)33)21-5-3-4-6-22(21)35-2/h3-13H,1-2H3. The molecule has 2 amide bonds. The highest BCUT2D eigenvalue weighted by atomic mass is 16.5. The maximum atomic E-state index is 13.7. The van der Waals surface area contributed by atoms with Crippen LogP contribution in [0.3, 0.4) is 0 Å². The van der Waals surface area contributed by atoms with E-state index in [0.29, 0.717) is 44.4 Å². The SMILES string of the molecule is COc1ccccc1N1C(=O)c2ccc3c(=O)n4c5ccc(C)cc5nc4c4ccc(c2c34)C1=O. The number of methoxy groups -OCH3 is 1. The second-order valence-corrected chi connectivity index (χ2v) is 8.76.